The average molecular weight is 635 g/mol. The molecule has 0 N–H and O–H groups in total. The lowest BCUT2D eigenvalue weighted by atomic mass is 10.0. The second kappa shape index (κ2) is 10.7. The van der Waals surface area contributed by atoms with Crippen molar-refractivity contribution in [2.24, 2.45) is 0 Å². The van der Waals surface area contributed by atoms with Crippen molar-refractivity contribution in [2.45, 2.75) is 0 Å². The van der Waals surface area contributed by atoms with Gasteiger partial charge in [0.1, 0.15) is 16.7 Å². The van der Waals surface area contributed by atoms with Crippen LogP contribution in [0.4, 0.5) is 17.1 Å². The van der Waals surface area contributed by atoms with E-state index in [1.165, 1.54) is 31.3 Å². The third kappa shape index (κ3) is 4.33. The van der Waals surface area contributed by atoms with E-state index >= 15 is 0 Å². The van der Waals surface area contributed by atoms with Gasteiger partial charge in [0.15, 0.2) is 5.58 Å². The van der Waals surface area contributed by atoms with Crippen LogP contribution in [-0.4, -0.2) is 4.98 Å². The first-order chi connectivity index (χ1) is 23.8. The zero-order chi connectivity index (χ0) is 31.6. The van der Waals surface area contributed by atoms with Crippen LogP contribution in [-0.2, 0) is 0 Å². The molecule has 0 radical (unpaired) electrons. The number of furan rings is 1. The first-order valence-electron chi connectivity index (χ1n) is 15.9. The Balaban J connectivity index is 1.18. The van der Waals surface area contributed by atoms with Gasteiger partial charge in [-0.3, -0.25) is 0 Å². The van der Waals surface area contributed by atoms with E-state index in [0.29, 0.717) is 5.89 Å². The maximum atomic E-state index is 6.38. The molecule has 4 nitrogen and oxygen atoms in total. The largest absolute Gasteiger partial charge is 0.456 e. The van der Waals surface area contributed by atoms with E-state index in [1.807, 2.05) is 53.8 Å². The van der Waals surface area contributed by atoms with Crippen molar-refractivity contribution >= 4 is 81.6 Å². The molecule has 0 fully saturated rings. The van der Waals surface area contributed by atoms with Gasteiger partial charge in [-0.2, -0.15) is 0 Å². The summed E-state index contributed by atoms with van der Waals surface area (Å²) in [5.41, 5.74) is 9.62. The molecular formula is C43H26N2O2S. The summed E-state index contributed by atoms with van der Waals surface area (Å²) in [6.07, 6.45) is 0. The van der Waals surface area contributed by atoms with Gasteiger partial charge < -0.3 is 13.7 Å². The molecule has 0 amide bonds. The number of fused-ring (bicyclic) bond motifs is 8. The van der Waals surface area contributed by atoms with Crippen molar-refractivity contribution in [1.29, 1.82) is 0 Å². The van der Waals surface area contributed by atoms with Crippen molar-refractivity contribution < 1.29 is 8.83 Å². The van der Waals surface area contributed by atoms with Crippen LogP contribution in [0, 0.1) is 0 Å². The fourth-order valence-electron chi connectivity index (χ4n) is 6.82. The van der Waals surface area contributed by atoms with Crippen molar-refractivity contribution in [1.82, 2.24) is 4.98 Å². The molecule has 0 aliphatic rings. The number of hydrogen-bond acceptors (Lipinski definition) is 5. The second-order valence-corrected chi connectivity index (χ2v) is 13.1. The maximum absolute atomic E-state index is 6.38. The van der Waals surface area contributed by atoms with Crippen LogP contribution in [0.3, 0.4) is 0 Å². The number of thiophene rings is 1. The molecule has 0 unspecified atom stereocenters. The Kier molecular flexibility index (Phi) is 6.01. The fourth-order valence-corrected chi connectivity index (χ4v) is 7.91. The topological polar surface area (TPSA) is 42.4 Å². The quantitative estimate of drug-likeness (QED) is 0.189. The molecule has 3 heterocycles. The third-order valence-corrected chi connectivity index (χ3v) is 10.3. The van der Waals surface area contributed by atoms with Gasteiger partial charge in [-0.15, -0.1) is 11.3 Å². The van der Waals surface area contributed by atoms with Gasteiger partial charge in [-0.25, -0.2) is 4.98 Å². The van der Waals surface area contributed by atoms with Crippen molar-refractivity contribution in [3.63, 3.8) is 0 Å². The summed E-state index contributed by atoms with van der Waals surface area (Å²) in [4.78, 5) is 7.31. The number of hydrogen-bond donors (Lipinski definition) is 0. The summed E-state index contributed by atoms with van der Waals surface area (Å²) in [6, 6.07) is 55.1. The lowest BCUT2D eigenvalue weighted by molar-refractivity contribution is 0.619. The summed E-state index contributed by atoms with van der Waals surface area (Å²) in [5, 5.41) is 4.48. The van der Waals surface area contributed by atoms with Crippen LogP contribution in [0.5, 0.6) is 0 Å². The summed E-state index contributed by atoms with van der Waals surface area (Å²) in [5.74, 6) is 0.597. The Hall–Kier alpha value is -6.17. The predicted octanol–water partition coefficient (Wildman–Crippen LogP) is 12.9. The number of nitrogens with zero attached hydrogens (tertiary/aromatic N) is 2. The summed E-state index contributed by atoms with van der Waals surface area (Å²) < 4.78 is 15.2. The second-order valence-electron chi connectivity index (χ2n) is 12.0. The Morgan fingerprint density at radius 3 is 1.85 bits per heavy atom. The molecule has 10 aromatic rings. The summed E-state index contributed by atoms with van der Waals surface area (Å²) in [6.45, 7) is 0. The predicted molar refractivity (Wildman–Crippen MR) is 200 cm³/mol. The molecule has 0 atom stereocenters. The van der Waals surface area contributed by atoms with Gasteiger partial charge in [-0.1, -0.05) is 78.9 Å². The SMILES string of the molecule is c1ccc(-c2ccc(N(c3ccc4sc5ccccc5c4c3)c3ccc4oc5ccc6oc(-c7ccccc7)nc6c5c4c3)cc2)cc1. The zero-order valence-electron chi connectivity index (χ0n) is 25.6. The first kappa shape index (κ1) is 27.0. The highest BCUT2D eigenvalue weighted by atomic mass is 32.1. The van der Waals surface area contributed by atoms with Crippen LogP contribution >= 0.6 is 11.3 Å². The van der Waals surface area contributed by atoms with Crippen LogP contribution in [0.15, 0.2) is 167 Å². The Morgan fingerprint density at radius 1 is 0.438 bits per heavy atom. The van der Waals surface area contributed by atoms with Gasteiger partial charge >= 0.3 is 0 Å². The van der Waals surface area contributed by atoms with Gasteiger partial charge in [0.05, 0.1) is 5.39 Å². The number of oxazole rings is 1. The maximum Gasteiger partial charge on any atom is 0.227 e. The molecule has 0 saturated carbocycles. The van der Waals surface area contributed by atoms with Crippen molar-refractivity contribution in [3.05, 3.63) is 158 Å². The number of aromatic nitrogens is 1. The highest BCUT2D eigenvalue weighted by molar-refractivity contribution is 7.25. The molecule has 5 heteroatoms. The molecule has 10 rings (SSSR count). The molecule has 0 spiro atoms. The molecule has 0 aliphatic carbocycles. The highest BCUT2D eigenvalue weighted by Crippen LogP contribution is 2.43. The van der Waals surface area contributed by atoms with Gasteiger partial charge in [0.25, 0.3) is 0 Å². The van der Waals surface area contributed by atoms with E-state index in [1.54, 1.807) is 0 Å². The first-order valence-corrected chi connectivity index (χ1v) is 16.8. The molecule has 0 aliphatic heterocycles. The standard InChI is InChI=1S/C43H26N2O2S/c1-3-9-27(10-4-1)28-15-17-30(18-16-28)45(32-20-24-40-34(25-32)33-13-7-8-14-39(33)48-40)31-19-21-36-35(26-31)41-37(46-36)22-23-38-42(41)44-43(47-38)29-11-5-2-6-12-29/h1-26H. The zero-order valence-corrected chi connectivity index (χ0v) is 26.4. The average Bonchev–Trinajstić information content (AvgIpc) is 3.86. The fraction of sp³-hybridized carbons (Fsp3) is 0. The lowest BCUT2D eigenvalue weighted by Crippen LogP contribution is -2.09. The minimum absolute atomic E-state index is 0.597. The smallest absolute Gasteiger partial charge is 0.227 e. The Bertz CT molecular complexity index is 2780. The van der Waals surface area contributed by atoms with E-state index in [0.717, 1.165) is 55.7 Å². The Morgan fingerprint density at radius 2 is 1.04 bits per heavy atom. The molecule has 48 heavy (non-hydrogen) atoms. The van der Waals surface area contributed by atoms with E-state index in [4.69, 9.17) is 13.8 Å². The van der Waals surface area contributed by atoms with Crippen LogP contribution < -0.4 is 4.90 Å². The minimum atomic E-state index is 0.597. The van der Waals surface area contributed by atoms with Crippen molar-refractivity contribution in [3.8, 4) is 22.6 Å². The van der Waals surface area contributed by atoms with E-state index < -0.39 is 0 Å². The molecule has 226 valence electrons. The number of benzene rings is 7. The van der Waals surface area contributed by atoms with Crippen LogP contribution in [0.2, 0.25) is 0 Å². The van der Waals surface area contributed by atoms with E-state index in [9.17, 15) is 0 Å². The Labute approximate surface area is 279 Å². The van der Waals surface area contributed by atoms with E-state index in [-0.39, 0.29) is 0 Å². The summed E-state index contributed by atoms with van der Waals surface area (Å²) >= 11 is 1.83. The number of rotatable bonds is 5. The van der Waals surface area contributed by atoms with Gasteiger partial charge in [-0.05, 0) is 90.0 Å². The monoisotopic (exact) mass is 634 g/mol. The van der Waals surface area contributed by atoms with Crippen LogP contribution in [0.1, 0.15) is 0 Å². The van der Waals surface area contributed by atoms with Gasteiger partial charge in [0.2, 0.25) is 5.89 Å². The molecule has 0 saturated heterocycles. The van der Waals surface area contributed by atoms with Crippen LogP contribution in [0.25, 0.3) is 75.8 Å². The van der Waals surface area contributed by atoms with Crippen molar-refractivity contribution in [2.75, 3.05) is 4.90 Å². The summed E-state index contributed by atoms with van der Waals surface area (Å²) in [7, 11) is 0. The lowest BCUT2D eigenvalue weighted by Gasteiger charge is -2.26. The van der Waals surface area contributed by atoms with E-state index in [2.05, 4.69) is 120 Å². The van der Waals surface area contributed by atoms with Gasteiger partial charge in [0, 0.05) is 48.2 Å². The third-order valence-electron chi connectivity index (χ3n) is 9.11. The molecule has 3 aromatic heterocycles. The normalized spacial score (nSPS) is 11.8. The number of anilines is 3. The molecular weight excluding hydrogens is 609 g/mol. The molecule has 0 bridgehead atoms. The highest BCUT2D eigenvalue weighted by Gasteiger charge is 2.20. The minimum Gasteiger partial charge on any atom is -0.456 e. The molecule has 7 aromatic carbocycles.